The first kappa shape index (κ1) is 13.7. The summed E-state index contributed by atoms with van der Waals surface area (Å²) >= 11 is 1.86. The average Bonchev–Trinajstić information content (AvgIpc) is 2.91. The van der Waals surface area contributed by atoms with Gasteiger partial charge < -0.3 is 10.6 Å². The fourth-order valence-corrected chi connectivity index (χ4v) is 1.55. The first-order valence-electron chi connectivity index (χ1n) is 6.08. The van der Waals surface area contributed by atoms with Crippen LogP contribution >= 0.6 is 11.8 Å². The molecule has 1 fully saturated rings. The van der Waals surface area contributed by atoms with Crippen LogP contribution in [0.2, 0.25) is 0 Å². The zero-order chi connectivity index (χ0) is 12.2. The van der Waals surface area contributed by atoms with Crippen molar-refractivity contribution >= 4 is 17.7 Å². The molecule has 2 unspecified atom stereocenters. The molecule has 0 heterocycles. The first-order chi connectivity index (χ1) is 7.48. The lowest BCUT2D eigenvalue weighted by molar-refractivity contribution is 0.705. The lowest BCUT2D eigenvalue weighted by Gasteiger charge is -2.20. The highest BCUT2D eigenvalue weighted by Crippen LogP contribution is 2.28. The Hall–Kier alpha value is -0.380. The van der Waals surface area contributed by atoms with Crippen LogP contribution in [-0.2, 0) is 0 Å². The molecular weight excluding hydrogens is 218 g/mol. The van der Waals surface area contributed by atoms with E-state index in [2.05, 4.69) is 49.6 Å². The predicted molar refractivity (Wildman–Crippen MR) is 74.3 cm³/mol. The first-order valence-corrected chi connectivity index (χ1v) is 7.31. The van der Waals surface area contributed by atoms with E-state index in [1.807, 2.05) is 11.8 Å². The Morgan fingerprint density at radius 1 is 1.50 bits per heavy atom. The maximum absolute atomic E-state index is 4.64. The molecule has 3 nitrogen and oxygen atoms in total. The van der Waals surface area contributed by atoms with E-state index in [4.69, 9.17) is 0 Å². The molecule has 0 aromatic carbocycles. The molecule has 2 atom stereocenters. The number of nitrogens with one attached hydrogen (secondary N) is 2. The van der Waals surface area contributed by atoms with E-state index >= 15 is 0 Å². The number of hydrogen-bond donors (Lipinski definition) is 2. The summed E-state index contributed by atoms with van der Waals surface area (Å²) in [6, 6.07) is 0.634. The summed E-state index contributed by atoms with van der Waals surface area (Å²) in [5, 5.41) is 6.77. The monoisotopic (exact) mass is 243 g/mol. The molecule has 0 aliphatic heterocycles. The van der Waals surface area contributed by atoms with Crippen molar-refractivity contribution in [2.45, 2.75) is 44.9 Å². The zero-order valence-corrected chi connectivity index (χ0v) is 11.9. The number of hydrogen-bond acceptors (Lipinski definition) is 2. The largest absolute Gasteiger partial charge is 0.357 e. The molecule has 0 aromatic heterocycles. The molecule has 4 heteroatoms. The Morgan fingerprint density at radius 2 is 2.12 bits per heavy atom. The van der Waals surface area contributed by atoms with Crippen molar-refractivity contribution in [2.24, 2.45) is 10.9 Å². The minimum Gasteiger partial charge on any atom is -0.357 e. The molecule has 0 aromatic rings. The van der Waals surface area contributed by atoms with Gasteiger partial charge in [-0.1, -0.05) is 6.92 Å². The number of nitrogens with zero attached hydrogens (tertiary/aromatic N) is 1. The van der Waals surface area contributed by atoms with Gasteiger partial charge in [0.05, 0.1) is 6.54 Å². The minimum absolute atomic E-state index is 0.220. The summed E-state index contributed by atoms with van der Waals surface area (Å²) in [5.41, 5.74) is 0. The number of aliphatic imine (C=N–C) groups is 1. The Morgan fingerprint density at radius 3 is 2.56 bits per heavy atom. The third-order valence-electron chi connectivity index (χ3n) is 2.95. The molecule has 0 spiro atoms. The quantitative estimate of drug-likeness (QED) is 0.573. The van der Waals surface area contributed by atoms with Gasteiger partial charge in [-0.15, -0.1) is 0 Å². The van der Waals surface area contributed by atoms with Crippen LogP contribution in [0, 0.1) is 5.92 Å². The van der Waals surface area contributed by atoms with Gasteiger partial charge in [0.2, 0.25) is 0 Å². The van der Waals surface area contributed by atoms with Gasteiger partial charge in [0.25, 0.3) is 0 Å². The summed E-state index contributed by atoms with van der Waals surface area (Å²) in [4.78, 5) is 4.64. The topological polar surface area (TPSA) is 36.4 Å². The summed E-state index contributed by atoms with van der Waals surface area (Å²) in [6.07, 6.45) is 3.41. The second kappa shape index (κ2) is 5.80. The molecule has 1 aliphatic rings. The third-order valence-corrected chi connectivity index (χ3v) is 4.18. The summed E-state index contributed by atoms with van der Waals surface area (Å²) in [6.45, 7) is 10.6. The number of rotatable bonds is 5. The molecule has 0 saturated heterocycles. The smallest absolute Gasteiger partial charge is 0.191 e. The van der Waals surface area contributed by atoms with Crippen LogP contribution in [0.15, 0.2) is 4.99 Å². The number of thioether (sulfide) groups is 1. The summed E-state index contributed by atoms with van der Waals surface area (Å²) < 4.78 is 0.220. The van der Waals surface area contributed by atoms with E-state index in [1.54, 1.807) is 0 Å². The molecule has 1 aliphatic carbocycles. The molecule has 0 radical (unpaired) electrons. The maximum atomic E-state index is 4.64. The van der Waals surface area contributed by atoms with Gasteiger partial charge in [-0.3, -0.25) is 4.99 Å². The van der Waals surface area contributed by atoms with Crippen LogP contribution in [0.5, 0.6) is 0 Å². The lowest BCUT2D eigenvalue weighted by Crippen LogP contribution is -2.40. The highest BCUT2D eigenvalue weighted by molar-refractivity contribution is 7.99. The molecule has 0 bridgehead atoms. The van der Waals surface area contributed by atoms with E-state index in [9.17, 15) is 0 Å². The second-order valence-corrected chi connectivity index (χ2v) is 6.64. The second-order valence-electron chi connectivity index (χ2n) is 5.12. The van der Waals surface area contributed by atoms with Gasteiger partial charge in [-0.25, -0.2) is 0 Å². The van der Waals surface area contributed by atoms with Gasteiger partial charge in [0.1, 0.15) is 0 Å². The van der Waals surface area contributed by atoms with Crippen LogP contribution in [-0.4, -0.2) is 36.1 Å². The van der Waals surface area contributed by atoms with Crippen LogP contribution in [0.4, 0.5) is 0 Å². The van der Waals surface area contributed by atoms with E-state index < -0.39 is 0 Å². The maximum Gasteiger partial charge on any atom is 0.191 e. The van der Waals surface area contributed by atoms with Gasteiger partial charge in [0.15, 0.2) is 5.96 Å². The molecule has 94 valence electrons. The molecule has 2 N–H and O–H groups in total. The SMILES string of the molecule is CCNC(=NCC(C)(C)SC)NC1CC1C. The molecule has 1 saturated carbocycles. The van der Waals surface area contributed by atoms with Crippen LogP contribution in [0.25, 0.3) is 0 Å². The zero-order valence-electron chi connectivity index (χ0n) is 11.1. The highest BCUT2D eigenvalue weighted by Gasteiger charge is 2.33. The third kappa shape index (κ3) is 4.64. The summed E-state index contributed by atoms with van der Waals surface area (Å²) in [7, 11) is 0. The van der Waals surface area contributed by atoms with E-state index in [1.165, 1.54) is 6.42 Å². The normalized spacial score (nSPS) is 25.4. The number of guanidine groups is 1. The van der Waals surface area contributed by atoms with Crippen molar-refractivity contribution in [1.82, 2.24) is 10.6 Å². The van der Waals surface area contributed by atoms with E-state index in [0.29, 0.717) is 6.04 Å². The minimum atomic E-state index is 0.220. The average molecular weight is 243 g/mol. The van der Waals surface area contributed by atoms with Crippen molar-refractivity contribution < 1.29 is 0 Å². The van der Waals surface area contributed by atoms with Crippen LogP contribution in [0.1, 0.15) is 34.1 Å². The highest BCUT2D eigenvalue weighted by atomic mass is 32.2. The van der Waals surface area contributed by atoms with Crippen molar-refractivity contribution in [2.75, 3.05) is 19.3 Å². The Bertz CT molecular complexity index is 251. The molecular formula is C12H25N3S. The molecule has 1 rings (SSSR count). The van der Waals surface area contributed by atoms with Crippen LogP contribution < -0.4 is 10.6 Å². The van der Waals surface area contributed by atoms with Gasteiger partial charge in [-0.05, 0) is 39.4 Å². The van der Waals surface area contributed by atoms with Crippen molar-refractivity contribution in [3.63, 3.8) is 0 Å². The summed E-state index contributed by atoms with van der Waals surface area (Å²) in [5.74, 6) is 1.77. The Labute approximate surface area is 104 Å². The fourth-order valence-electron chi connectivity index (χ4n) is 1.35. The Balaban J connectivity index is 2.44. The van der Waals surface area contributed by atoms with Crippen LogP contribution in [0.3, 0.4) is 0 Å². The lowest BCUT2D eigenvalue weighted by atomic mass is 10.2. The van der Waals surface area contributed by atoms with Gasteiger partial charge in [-0.2, -0.15) is 11.8 Å². The predicted octanol–water partition coefficient (Wildman–Crippen LogP) is 2.09. The van der Waals surface area contributed by atoms with Crippen molar-refractivity contribution in [1.29, 1.82) is 0 Å². The van der Waals surface area contributed by atoms with Gasteiger partial charge >= 0.3 is 0 Å². The van der Waals surface area contributed by atoms with Gasteiger partial charge in [0, 0.05) is 17.3 Å². The Kier molecular flexibility index (Phi) is 4.96. The van der Waals surface area contributed by atoms with Crippen molar-refractivity contribution in [3.8, 4) is 0 Å². The van der Waals surface area contributed by atoms with E-state index in [0.717, 1.165) is 25.0 Å². The standard InChI is InChI=1S/C12H25N3S/c1-6-13-11(15-10-7-9(10)2)14-8-12(3,4)16-5/h9-10H,6-8H2,1-5H3,(H2,13,14,15). The van der Waals surface area contributed by atoms with Crippen molar-refractivity contribution in [3.05, 3.63) is 0 Å². The fraction of sp³-hybridized carbons (Fsp3) is 0.917. The van der Waals surface area contributed by atoms with E-state index in [-0.39, 0.29) is 4.75 Å². The molecule has 0 amide bonds. The molecule has 16 heavy (non-hydrogen) atoms.